The van der Waals surface area contributed by atoms with E-state index in [4.69, 9.17) is 69.0 Å². The number of aryl methyl sites for hydroxylation is 2. The Hall–Kier alpha value is -3.93. The van der Waals surface area contributed by atoms with Crippen LogP contribution in [0.1, 0.15) is 47.8 Å². The summed E-state index contributed by atoms with van der Waals surface area (Å²) in [5, 5.41) is 18.5. The minimum atomic E-state index is -4.56. The van der Waals surface area contributed by atoms with Crippen molar-refractivity contribution >= 4 is 71.9 Å². The van der Waals surface area contributed by atoms with Gasteiger partial charge in [-0.05, 0) is 74.7 Å². The van der Waals surface area contributed by atoms with E-state index in [1.54, 1.807) is 12.0 Å². The molecule has 2 atom stereocenters. The van der Waals surface area contributed by atoms with E-state index < -0.39 is 56.2 Å². The number of nitrogens with one attached hydrogen (secondary N) is 1. The Labute approximate surface area is 335 Å². The lowest BCUT2D eigenvalue weighted by molar-refractivity contribution is -0.146. The first kappa shape index (κ1) is 50.1. The number of nitrogens with zero attached hydrogens (tertiary/aromatic N) is 1. The fourth-order valence-electron chi connectivity index (χ4n) is 4.51. The number of anilines is 1. The number of ether oxygens (including phenoxy) is 3. The molecule has 56 heavy (non-hydrogen) atoms. The van der Waals surface area contributed by atoms with Gasteiger partial charge in [-0.3, -0.25) is 19.5 Å². The number of hydrogen-bond donors (Lipinski definition) is 5. The van der Waals surface area contributed by atoms with Crippen LogP contribution < -0.4 is 15.0 Å². The van der Waals surface area contributed by atoms with Crippen molar-refractivity contribution in [3.8, 4) is 11.5 Å². The molecule has 5 N–H and O–H groups in total. The number of carbonyl (C=O) groups is 4. The van der Waals surface area contributed by atoms with Crippen LogP contribution >= 0.6 is 42.4 Å². The van der Waals surface area contributed by atoms with Gasteiger partial charge in [-0.2, -0.15) is 13.2 Å². The predicted molar refractivity (Wildman–Crippen MR) is 203 cm³/mol. The number of benzene rings is 3. The summed E-state index contributed by atoms with van der Waals surface area (Å²) in [5.74, 6) is -3.64. The van der Waals surface area contributed by atoms with Gasteiger partial charge < -0.3 is 39.1 Å². The molecule has 0 saturated heterocycles. The molecule has 0 fully saturated rings. The Bertz CT molecular complexity index is 1860. The molecular weight excluding hydrogens is 835 g/mol. The number of aliphatic carboxylic acids is 2. The molecule has 0 aliphatic rings. The third kappa shape index (κ3) is 17.1. The zero-order valence-electron chi connectivity index (χ0n) is 30.6. The molecule has 21 heteroatoms. The van der Waals surface area contributed by atoms with Gasteiger partial charge in [0.25, 0.3) is 0 Å². The normalized spacial score (nSPS) is 12.2. The van der Waals surface area contributed by atoms with E-state index >= 15 is 0 Å². The van der Waals surface area contributed by atoms with Crippen LogP contribution in [-0.2, 0) is 41.0 Å². The lowest BCUT2D eigenvalue weighted by atomic mass is 10.0. The molecule has 3 aromatic rings. The number of hydrogen-bond acceptors (Lipinski definition) is 9. The molecule has 1 unspecified atom stereocenters. The molecule has 1 amide bonds. The van der Waals surface area contributed by atoms with Crippen molar-refractivity contribution in [2.24, 2.45) is 0 Å². The Morgan fingerprint density at radius 3 is 2.12 bits per heavy atom. The van der Waals surface area contributed by atoms with Gasteiger partial charge in [-0.25, -0.2) is 9.59 Å². The SMILES string of the molecule is CCc1cccc(C)c1N(C(=O)CCl)C(C)COC.C[C@H](OC(=O)c1cc(Oc2ccc(C(F)(F)F)cc2Cl)ccc1Cl)C(=O)O.O=C(O)CNCP(=O)(O)O. The minimum Gasteiger partial charge on any atom is -0.480 e. The molecule has 0 aliphatic heterocycles. The molecule has 0 bridgehead atoms. The van der Waals surface area contributed by atoms with Gasteiger partial charge in [0, 0.05) is 7.11 Å². The van der Waals surface area contributed by atoms with Gasteiger partial charge in [0.2, 0.25) is 5.91 Å². The van der Waals surface area contributed by atoms with Gasteiger partial charge in [-0.15, -0.1) is 11.6 Å². The van der Waals surface area contributed by atoms with Crippen LogP contribution in [0, 0.1) is 6.92 Å². The number of amides is 1. The average molecular weight is 876 g/mol. The van der Waals surface area contributed by atoms with Crippen LogP contribution in [0.25, 0.3) is 0 Å². The van der Waals surface area contributed by atoms with E-state index in [0.29, 0.717) is 12.7 Å². The van der Waals surface area contributed by atoms with Crippen LogP contribution in [0.3, 0.4) is 0 Å². The highest BCUT2D eigenvalue weighted by atomic mass is 35.5. The van der Waals surface area contributed by atoms with Gasteiger partial charge in [0.15, 0.2) is 6.10 Å². The van der Waals surface area contributed by atoms with Crippen molar-refractivity contribution in [3.63, 3.8) is 0 Å². The van der Waals surface area contributed by atoms with Crippen molar-refractivity contribution in [1.82, 2.24) is 5.32 Å². The van der Waals surface area contributed by atoms with Crippen LogP contribution in [-0.4, -0.2) is 88.4 Å². The summed E-state index contributed by atoms with van der Waals surface area (Å²) in [5.41, 5.74) is 2.09. The van der Waals surface area contributed by atoms with Crippen LogP contribution in [0.2, 0.25) is 10.0 Å². The maximum atomic E-state index is 12.7. The van der Waals surface area contributed by atoms with Gasteiger partial charge in [0.1, 0.15) is 17.4 Å². The Balaban J connectivity index is 0.000000469. The molecule has 3 aromatic carbocycles. The first-order chi connectivity index (χ1) is 26.0. The predicted octanol–water partition coefficient (Wildman–Crippen LogP) is 7.39. The maximum Gasteiger partial charge on any atom is 0.416 e. The third-order valence-corrected chi connectivity index (χ3v) is 8.53. The highest BCUT2D eigenvalue weighted by Crippen LogP contribution is 2.37. The smallest absolute Gasteiger partial charge is 0.416 e. The first-order valence-corrected chi connectivity index (χ1v) is 19.3. The van der Waals surface area contributed by atoms with Crippen molar-refractivity contribution in [3.05, 3.63) is 86.9 Å². The molecule has 0 saturated carbocycles. The molecule has 0 aromatic heterocycles. The summed E-state index contributed by atoms with van der Waals surface area (Å²) >= 11 is 17.5. The van der Waals surface area contributed by atoms with Crippen LogP contribution in [0.4, 0.5) is 18.9 Å². The van der Waals surface area contributed by atoms with Crippen molar-refractivity contribution < 1.29 is 71.1 Å². The average Bonchev–Trinajstić information content (AvgIpc) is 3.10. The number of esters is 1. The van der Waals surface area contributed by atoms with E-state index in [9.17, 15) is 36.9 Å². The van der Waals surface area contributed by atoms with Gasteiger partial charge in [-0.1, -0.05) is 48.3 Å². The molecule has 310 valence electrons. The number of methoxy groups -OCH3 is 1. The first-order valence-electron chi connectivity index (χ1n) is 16.2. The summed E-state index contributed by atoms with van der Waals surface area (Å²) in [6.07, 6.45) is -5.68. The summed E-state index contributed by atoms with van der Waals surface area (Å²) in [7, 11) is -2.46. The monoisotopic (exact) mass is 874 g/mol. The number of carbonyl (C=O) groups excluding carboxylic acids is 2. The molecule has 14 nitrogen and oxygen atoms in total. The number of alkyl halides is 4. The molecule has 0 aliphatic carbocycles. The Kier molecular flexibility index (Phi) is 20.9. The molecular formula is C35H41Cl3F3N2O12P. The zero-order valence-corrected chi connectivity index (χ0v) is 33.8. The number of para-hydroxylation sites is 1. The second-order valence-electron chi connectivity index (χ2n) is 11.6. The van der Waals surface area contributed by atoms with Crippen LogP contribution in [0.5, 0.6) is 11.5 Å². The summed E-state index contributed by atoms with van der Waals surface area (Å²) < 4.78 is 63.4. The molecule has 3 rings (SSSR count). The van der Waals surface area contributed by atoms with Crippen molar-refractivity contribution in [1.29, 1.82) is 0 Å². The molecule has 0 spiro atoms. The summed E-state index contributed by atoms with van der Waals surface area (Å²) in [6, 6.07) is 12.4. The fourth-order valence-corrected chi connectivity index (χ4v) is 5.46. The van der Waals surface area contributed by atoms with Crippen molar-refractivity contribution in [2.45, 2.75) is 52.4 Å². The van der Waals surface area contributed by atoms with E-state index in [1.807, 2.05) is 26.0 Å². The number of carboxylic acid groups (broad SMARTS) is 2. The zero-order chi connectivity index (χ0) is 43.0. The highest BCUT2D eigenvalue weighted by molar-refractivity contribution is 7.51. The lowest BCUT2D eigenvalue weighted by Gasteiger charge is -2.31. The van der Waals surface area contributed by atoms with Gasteiger partial charge >= 0.3 is 31.7 Å². The quantitative estimate of drug-likeness (QED) is 0.0574. The second-order valence-corrected chi connectivity index (χ2v) is 14.3. The lowest BCUT2D eigenvalue weighted by Crippen LogP contribution is -2.43. The molecule has 0 radical (unpaired) electrons. The number of carboxylic acids is 2. The summed E-state index contributed by atoms with van der Waals surface area (Å²) in [4.78, 5) is 62.9. The third-order valence-electron chi connectivity index (χ3n) is 7.05. The van der Waals surface area contributed by atoms with Crippen LogP contribution in [0.15, 0.2) is 54.6 Å². The maximum absolute atomic E-state index is 12.7. The number of rotatable bonds is 15. The standard InChI is InChI=1S/C17H11Cl2F3O5.C15H22ClNO2.C3H8NO5P/c1-8(15(23)24)26-16(25)11-7-10(3-4-12(11)18)27-14-5-2-9(6-13(14)19)17(20,21)22;1-5-13-8-6-7-11(2)15(13)17(14(18)9-16)12(3)10-19-4;5-3(6)1-4-2-10(7,8)9/h2-8H,1H3,(H,23,24);6-8,12H,5,9-10H2,1-4H3;4H,1-2H2,(H,5,6)(H2,7,8,9)/t8-;;/m0../s1. The number of halogens is 6. The van der Waals surface area contributed by atoms with E-state index in [2.05, 4.69) is 18.3 Å². The minimum absolute atomic E-state index is 0.0223. The van der Waals surface area contributed by atoms with E-state index in [-0.39, 0.29) is 44.9 Å². The topological polar surface area (TPSA) is 209 Å². The summed E-state index contributed by atoms with van der Waals surface area (Å²) in [6.45, 7) is 7.28. The van der Waals surface area contributed by atoms with E-state index in [0.717, 1.165) is 48.4 Å². The van der Waals surface area contributed by atoms with Crippen molar-refractivity contribution in [2.75, 3.05) is 37.3 Å². The Morgan fingerprint density at radius 2 is 1.62 bits per heavy atom. The van der Waals surface area contributed by atoms with Gasteiger partial charge in [0.05, 0.1) is 52.3 Å². The highest BCUT2D eigenvalue weighted by Gasteiger charge is 2.31. The Morgan fingerprint density at radius 1 is 0.982 bits per heavy atom. The molecule has 0 heterocycles. The largest absolute Gasteiger partial charge is 0.480 e. The van der Waals surface area contributed by atoms with E-state index in [1.165, 1.54) is 12.1 Å². The second kappa shape index (κ2) is 23.3. The fraction of sp³-hybridized carbons (Fsp3) is 0.371.